The first-order valence-electron chi connectivity index (χ1n) is 7.07. The lowest BCUT2D eigenvalue weighted by molar-refractivity contribution is 0.800. The molecule has 0 radical (unpaired) electrons. The van der Waals surface area contributed by atoms with Crippen LogP contribution in [-0.4, -0.2) is 32.2 Å². The largest absolute Gasteiger partial charge is 0.371 e. The van der Waals surface area contributed by atoms with E-state index in [1.807, 2.05) is 7.05 Å². The highest BCUT2D eigenvalue weighted by atomic mass is 35.5. The standard InChI is InChI=1S/C16H19ClN4/c1-18-10-12-9-16(19-11-13(12)17)21-8-7-20(2)14-5-3-4-6-15(14)21/h3-6,9,11,18H,7-8,10H2,1-2H3. The summed E-state index contributed by atoms with van der Waals surface area (Å²) in [6.07, 6.45) is 1.74. The summed E-state index contributed by atoms with van der Waals surface area (Å²) in [6.45, 7) is 2.63. The smallest absolute Gasteiger partial charge is 0.133 e. The number of aromatic nitrogens is 1. The molecule has 1 aliphatic rings. The van der Waals surface area contributed by atoms with Crippen LogP contribution in [0.3, 0.4) is 0 Å². The minimum atomic E-state index is 0.704. The molecule has 0 atom stereocenters. The van der Waals surface area contributed by atoms with Gasteiger partial charge in [0.25, 0.3) is 0 Å². The van der Waals surface area contributed by atoms with Crippen LogP contribution in [0.5, 0.6) is 0 Å². The fourth-order valence-corrected chi connectivity index (χ4v) is 2.86. The average molecular weight is 303 g/mol. The van der Waals surface area contributed by atoms with Gasteiger partial charge in [0.05, 0.1) is 16.4 Å². The predicted octanol–water partition coefficient (Wildman–Crippen LogP) is 3.04. The van der Waals surface area contributed by atoms with E-state index >= 15 is 0 Å². The van der Waals surface area contributed by atoms with Crippen LogP contribution in [0, 0.1) is 0 Å². The van der Waals surface area contributed by atoms with Crippen molar-refractivity contribution < 1.29 is 0 Å². The van der Waals surface area contributed by atoms with Gasteiger partial charge in [0.1, 0.15) is 5.82 Å². The molecule has 0 fully saturated rings. The van der Waals surface area contributed by atoms with Crippen LogP contribution in [0.4, 0.5) is 17.2 Å². The van der Waals surface area contributed by atoms with Gasteiger partial charge in [-0.15, -0.1) is 0 Å². The monoisotopic (exact) mass is 302 g/mol. The van der Waals surface area contributed by atoms with Crippen molar-refractivity contribution in [3.8, 4) is 0 Å². The highest BCUT2D eigenvalue weighted by molar-refractivity contribution is 6.31. The van der Waals surface area contributed by atoms with E-state index in [4.69, 9.17) is 11.6 Å². The van der Waals surface area contributed by atoms with Crippen LogP contribution in [0.15, 0.2) is 36.5 Å². The summed E-state index contributed by atoms with van der Waals surface area (Å²) >= 11 is 6.21. The van der Waals surface area contributed by atoms with Crippen molar-refractivity contribution in [2.24, 2.45) is 0 Å². The lowest BCUT2D eigenvalue weighted by Gasteiger charge is -2.36. The number of nitrogens with one attached hydrogen (secondary N) is 1. The molecule has 1 aromatic carbocycles. The third kappa shape index (κ3) is 2.69. The highest BCUT2D eigenvalue weighted by Crippen LogP contribution is 2.36. The van der Waals surface area contributed by atoms with E-state index in [9.17, 15) is 0 Å². The minimum Gasteiger partial charge on any atom is -0.371 e. The number of anilines is 3. The number of rotatable bonds is 3. The van der Waals surface area contributed by atoms with E-state index in [2.05, 4.69) is 57.5 Å². The van der Waals surface area contributed by atoms with Gasteiger partial charge in [-0.2, -0.15) is 0 Å². The fraction of sp³-hybridized carbons (Fsp3) is 0.312. The van der Waals surface area contributed by atoms with Gasteiger partial charge in [-0.3, -0.25) is 0 Å². The van der Waals surface area contributed by atoms with Gasteiger partial charge in [0.15, 0.2) is 0 Å². The van der Waals surface area contributed by atoms with Gasteiger partial charge < -0.3 is 15.1 Å². The summed E-state index contributed by atoms with van der Waals surface area (Å²) < 4.78 is 0. The van der Waals surface area contributed by atoms with E-state index in [1.54, 1.807) is 6.20 Å². The molecule has 0 unspecified atom stereocenters. The molecular formula is C16H19ClN4. The Hall–Kier alpha value is -1.78. The Morgan fingerprint density at radius 3 is 2.76 bits per heavy atom. The molecule has 0 spiro atoms. The molecule has 0 bridgehead atoms. The lowest BCUT2D eigenvalue weighted by Crippen LogP contribution is -2.36. The zero-order valence-electron chi connectivity index (χ0n) is 12.3. The van der Waals surface area contributed by atoms with Gasteiger partial charge in [-0.1, -0.05) is 23.7 Å². The van der Waals surface area contributed by atoms with E-state index in [0.29, 0.717) is 5.02 Å². The predicted molar refractivity (Wildman–Crippen MR) is 88.7 cm³/mol. The Bertz CT molecular complexity index is 644. The number of nitrogens with zero attached hydrogens (tertiary/aromatic N) is 3. The summed E-state index contributed by atoms with van der Waals surface area (Å²) in [4.78, 5) is 9.05. The van der Waals surface area contributed by atoms with E-state index in [1.165, 1.54) is 11.4 Å². The summed E-state index contributed by atoms with van der Waals surface area (Å²) in [5, 5.41) is 3.85. The molecule has 3 rings (SSSR count). The van der Waals surface area contributed by atoms with Gasteiger partial charge in [0.2, 0.25) is 0 Å². The quantitative estimate of drug-likeness (QED) is 0.944. The molecule has 2 heterocycles. The number of hydrogen-bond donors (Lipinski definition) is 1. The second kappa shape index (κ2) is 5.92. The summed E-state index contributed by atoms with van der Waals surface area (Å²) in [5.74, 6) is 0.949. The van der Waals surface area contributed by atoms with Crippen molar-refractivity contribution in [3.05, 3.63) is 47.1 Å². The van der Waals surface area contributed by atoms with Crippen LogP contribution in [0.2, 0.25) is 5.02 Å². The maximum atomic E-state index is 6.21. The van der Waals surface area contributed by atoms with Crippen molar-refractivity contribution in [2.45, 2.75) is 6.54 Å². The summed E-state index contributed by atoms with van der Waals surface area (Å²) in [6, 6.07) is 10.5. The Kier molecular flexibility index (Phi) is 3.99. The van der Waals surface area contributed by atoms with E-state index in [-0.39, 0.29) is 0 Å². The number of halogens is 1. The molecule has 1 aliphatic heterocycles. The van der Waals surface area contributed by atoms with Gasteiger partial charge in [-0.05, 0) is 30.8 Å². The zero-order valence-corrected chi connectivity index (χ0v) is 13.1. The summed E-state index contributed by atoms with van der Waals surface area (Å²) in [5.41, 5.74) is 3.49. The Morgan fingerprint density at radius 2 is 2.00 bits per heavy atom. The van der Waals surface area contributed by atoms with E-state index in [0.717, 1.165) is 31.0 Å². The molecule has 0 saturated heterocycles. The van der Waals surface area contributed by atoms with Crippen molar-refractivity contribution in [3.63, 3.8) is 0 Å². The van der Waals surface area contributed by atoms with Crippen LogP contribution in [0.25, 0.3) is 0 Å². The molecular weight excluding hydrogens is 284 g/mol. The SMILES string of the molecule is CNCc1cc(N2CCN(C)c3ccccc32)ncc1Cl. The number of benzene rings is 1. The Labute approximate surface area is 130 Å². The molecule has 1 aromatic heterocycles. The topological polar surface area (TPSA) is 31.4 Å². The van der Waals surface area contributed by atoms with Crippen molar-refractivity contribution in [2.75, 3.05) is 37.0 Å². The number of pyridine rings is 1. The van der Waals surface area contributed by atoms with Gasteiger partial charge in [0, 0.05) is 32.9 Å². The first-order valence-corrected chi connectivity index (χ1v) is 7.45. The molecule has 5 heteroatoms. The molecule has 0 aliphatic carbocycles. The van der Waals surface area contributed by atoms with Crippen molar-refractivity contribution in [1.29, 1.82) is 0 Å². The second-order valence-corrected chi connectivity index (χ2v) is 5.63. The first kappa shape index (κ1) is 14.2. The van der Waals surface area contributed by atoms with Crippen LogP contribution >= 0.6 is 11.6 Å². The third-order valence-electron chi connectivity index (χ3n) is 3.81. The highest BCUT2D eigenvalue weighted by Gasteiger charge is 2.22. The molecule has 1 N–H and O–H groups in total. The van der Waals surface area contributed by atoms with E-state index < -0.39 is 0 Å². The molecule has 110 valence electrons. The van der Waals surface area contributed by atoms with Crippen LogP contribution in [0.1, 0.15) is 5.56 Å². The maximum absolute atomic E-state index is 6.21. The molecule has 21 heavy (non-hydrogen) atoms. The summed E-state index contributed by atoms with van der Waals surface area (Å²) in [7, 11) is 4.04. The average Bonchev–Trinajstić information content (AvgIpc) is 2.51. The Morgan fingerprint density at radius 1 is 1.24 bits per heavy atom. The number of para-hydroxylation sites is 2. The zero-order chi connectivity index (χ0) is 14.8. The normalized spacial score (nSPS) is 14.2. The fourth-order valence-electron chi connectivity index (χ4n) is 2.69. The second-order valence-electron chi connectivity index (χ2n) is 5.23. The third-order valence-corrected chi connectivity index (χ3v) is 4.15. The first-order chi connectivity index (χ1) is 10.2. The number of hydrogen-bond acceptors (Lipinski definition) is 4. The molecule has 2 aromatic rings. The molecule has 0 amide bonds. The van der Waals surface area contributed by atoms with Crippen LogP contribution in [-0.2, 0) is 6.54 Å². The van der Waals surface area contributed by atoms with Crippen LogP contribution < -0.4 is 15.1 Å². The minimum absolute atomic E-state index is 0.704. The molecule has 0 saturated carbocycles. The molecule has 4 nitrogen and oxygen atoms in total. The van der Waals surface area contributed by atoms with Crippen molar-refractivity contribution >= 4 is 28.8 Å². The van der Waals surface area contributed by atoms with Gasteiger partial charge >= 0.3 is 0 Å². The number of fused-ring (bicyclic) bond motifs is 1. The maximum Gasteiger partial charge on any atom is 0.133 e. The van der Waals surface area contributed by atoms with Gasteiger partial charge in [-0.25, -0.2) is 4.98 Å². The van der Waals surface area contributed by atoms with Crippen molar-refractivity contribution in [1.82, 2.24) is 10.3 Å². The lowest BCUT2D eigenvalue weighted by atomic mass is 10.1. The number of likely N-dealkylation sites (N-methyl/N-ethyl adjacent to an activating group) is 1. The Balaban J connectivity index is 2.01.